The maximum absolute atomic E-state index is 6.25. The molecule has 9 aromatic rings. The van der Waals surface area contributed by atoms with Gasteiger partial charge in [0.05, 0.1) is 11.1 Å². The molecule has 0 bridgehead atoms. The van der Waals surface area contributed by atoms with Crippen LogP contribution < -0.4 is 0 Å². The van der Waals surface area contributed by atoms with Gasteiger partial charge in [-0.3, -0.25) is 0 Å². The van der Waals surface area contributed by atoms with Crippen LogP contribution in [0.4, 0.5) is 0 Å². The lowest BCUT2D eigenvalue weighted by molar-refractivity contribution is 0.620. The van der Waals surface area contributed by atoms with E-state index in [2.05, 4.69) is 78.9 Å². The van der Waals surface area contributed by atoms with Crippen molar-refractivity contribution in [3.63, 3.8) is 0 Å². The van der Waals surface area contributed by atoms with E-state index >= 15 is 0 Å². The number of benzene rings is 6. The Morgan fingerprint density at radius 1 is 0.391 bits per heavy atom. The Morgan fingerprint density at radius 3 is 1.70 bits per heavy atom. The van der Waals surface area contributed by atoms with Crippen LogP contribution in [-0.2, 0) is 0 Å². The van der Waals surface area contributed by atoms with Gasteiger partial charge in [0.1, 0.15) is 11.1 Å². The molecule has 0 spiro atoms. The lowest BCUT2D eigenvalue weighted by Crippen LogP contribution is -1.94. The zero-order chi connectivity index (χ0) is 30.5. The fourth-order valence-electron chi connectivity index (χ4n) is 6.10. The first-order valence-corrected chi connectivity index (χ1v) is 15.2. The molecule has 0 saturated heterocycles. The Morgan fingerprint density at radius 2 is 0.957 bits per heavy atom. The van der Waals surface area contributed by atoms with E-state index in [9.17, 15) is 0 Å². The third kappa shape index (κ3) is 4.54. The summed E-state index contributed by atoms with van der Waals surface area (Å²) in [5, 5.41) is 1.93. The summed E-state index contributed by atoms with van der Waals surface area (Å²) in [6.07, 6.45) is 0. The van der Waals surface area contributed by atoms with Crippen LogP contribution >= 0.6 is 0 Å². The van der Waals surface area contributed by atoms with Gasteiger partial charge in [-0.2, -0.15) is 4.98 Å². The molecule has 0 radical (unpaired) electrons. The Bertz CT molecular complexity index is 2510. The molecule has 9 rings (SSSR count). The molecule has 46 heavy (non-hydrogen) atoms. The smallest absolute Gasteiger partial charge is 0.231 e. The minimum atomic E-state index is 0.580. The van der Waals surface area contributed by atoms with Crippen molar-refractivity contribution >= 4 is 33.2 Å². The van der Waals surface area contributed by atoms with Crippen molar-refractivity contribution in [2.24, 2.45) is 0 Å². The second-order valence-electron chi connectivity index (χ2n) is 11.3. The molecular formula is C41H25N3O2. The van der Waals surface area contributed by atoms with Crippen LogP contribution in [0, 0.1) is 0 Å². The lowest BCUT2D eigenvalue weighted by Gasteiger charge is -2.10. The van der Waals surface area contributed by atoms with Crippen LogP contribution in [-0.4, -0.2) is 15.0 Å². The Hall–Kier alpha value is -6.33. The van der Waals surface area contributed by atoms with Crippen molar-refractivity contribution in [2.75, 3.05) is 0 Å². The molecule has 3 heterocycles. The monoisotopic (exact) mass is 591 g/mol. The largest absolute Gasteiger partial charge is 0.438 e. The highest BCUT2D eigenvalue weighted by Gasteiger charge is 2.18. The molecular weight excluding hydrogens is 566 g/mol. The van der Waals surface area contributed by atoms with Gasteiger partial charge in [0.25, 0.3) is 0 Å². The van der Waals surface area contributed by atoms with Crippen molar-refractivity contribution in [3.05, 3.63) is 152 Å². The zero-order valence-electron chi connectivity index (χ0n) is 24.6. The summed E-state index contributed by atoms with van der Waals surface area (Å²) in [6.45, 7) is 0. The molecule has 0 saturated carbocycles. The van der Waals surface area contributed by atoms with Gasteiger partial charge in [0, 0.05) is 22.1 Å². The van der Waals surface area contributed by atoms with Crippen molar-refractivity contribution in [2.45, 2.75) is 0 Å². The van der Waals surface area contributed by atoms with Crippen LogP contribution in [0.25, 0.3) is 89.5 Å². The van der Waals surface area contributed by atoms with E-state index in [4.69, 9.17) is 23.8 Å². The molecule has 216 valence electrons. The molecule has 5 nitrogen and oxygen atoms in total. The number of oxazole rings is 1. The fourth-order valence-corrected chi connectivity index (χ4v) is 6.10. The SMILES string of the molecule is c1ccc(-c2nc(-c3cccc(-c4cccc(-c5cccc(-c6nc7ccccc7o6)c5)c4)c3)nc3oc4ccccc4c23)cc1. The van der Waals surface area contributed by atoms with E-state index in [1.54, 1.807) is 0 Å². The second-order valence-corrected chi connectivity index (χ2v) is 11.3. The number of para-hydroxylation sites is 3. The van der Waals surface area contributed by atoms with E-state index in [0.29, 0.717) is 17.4 Å². The standard InChI is InChI=1S/C41H25N3O2/c1-2-11-26(12-3-1)38-37-33-19-4-6-21-35(33)45-41(37)44-39(43-38)31-17-9-15-29(24-31)27-13-8-14-28(23-27)30-16-10-18-32(25-30)40-42-34-20-5-7-22-36(34)46-40/h1-25H. The van der Waals surface area contributed by atoms with Gasteiger partial charge >= 0.3 is 0 Å². The average Bonchev–Trinajstić information content (AvgIpc) is 3.74. The first-order chi connectivity index (χ1) is 22.8. The first kappa shape index (κ1) is 26.1. The third-order valence-electron chi connectivity index (χ3n) is 8.34. The second kappa shape index (κ2) is 10.7. The van der Waals surface area contributed by atoms with Crippen molar-refractivity contribution in [1.29, 1.82) is 0 Å². The molecule has 0 amide bonds. The highest BCUT2D eigenvalue weighted by molar-refractivity contribution is 6.10. The Balaban J connectivity index is 1.11. The number of rotatable bonds is 5. The van der Waals surface area contributed by atoms with E-state index in [-0.39, 0.29) is 0 Å². The number of hydrogen-bond acceptors (Lipinski definition) is 5. The van der Waals surface area contributed by atoms with Crippen LogP contribution in [0.1, 0.15) is 0 Å². The Labute approximate surface area is 264 Å². The minimum absolute atomic E-state index is 0.580. The van der Waals surface area contributed by atoms with Gasteiger partial charge in [-0.25, -0.2) is 9.97 Å². The van der Waals surface area contributed by atoms with Crippen LogP contribution in [0.5, 0.6) is 0 Å². The summed E-state index contributed by atoms with van der Waals surface area (Å²) < 4.78 is 12.3. The third-order valence-corrected chi connectivity index (χ3v) is 8.34. The number of fused-ring (bicyclic) bond motifs is 4. The molecule has 0 fully saturated rings. The van der Waals surface area contributed by atoms with Crippen molar-refractivity contribution in [3.8, 4) is 56.4 Å². The van der Waals surface area contributed by atoms with E-state index < -0.39 is 0 Å². The summed E-state index contributed by atoms with van der Waals surface area (Å²) in [5.74, 6) is 1.23. The number of furan rings is 1. The molecule has 0 N–H and O–H groups in total. The van der Waals surface area contributed by atoms with Gasteiger partial charge in [-0.15, -0.1) is 0 Å². The van der Waals surface area contributed by atoms with Gasteiger partial charge in [0.2, 0.25) is 11.6 Å². The van der Waals surface area contributed by atoms with E-state index in [0.717, 1.165) is 72.1 Å². The number of aromatic nitrogens is 3. The topological polar surface area (TPSA) is 65.0 Å². The molecule has 0 unspecified atom stereocenters. The minimum Gasteiger partial charge on any atom is -0.438 e. The average molecular weight is 592 g/mol. The summed E-state index contributed by atoms with van der Waals surface area (Å²) in [7, 11) is 0. The van der Waals surface area contributed by atoms with Gasteiger partial charge < -0.3 is 8.83 Å². The summed E-state index contributed by atoms with van der Waals surface area (Å²) in [4.78, 5) is 14.8. The summed E-state index contributed by atoms with van der Waals surface area (Å²) in [6, 6.07) is 51.3. The van der Waals surface area contributed by atoms with E-state index in [1.165, 1.54) is 0 Å². The molecule has 5 heteroatoms. The van der Waals surface area contributed by atoms with Crippen LogP contribution in [0.15, 0.2) is 160 Å². The molecule has 6 aromatic carbocycles. The van der Waals surface area contributed by atoms with Crippen molar-refractivity contribution in [1.82, 2.24) is 15.0 Å². The van der Waals surface area contributed by atoms with Crippen molar-refractivity contribution < 1.29 is 8.83 Å². The molecule has 0 atom stereocenters. The number of nitrogens with zero attached hydrogens (tertiary/aromatic N) is 3. The van der Waals surface area contributed by atoms with Crippen LogP contribution in [0.2, 0.25) is 0 Å². The molecule has 0 aliphatic heterocycles. The predicted molar refractivity (Wildman–Crippen MR) is 184 cm³/mol. The van der Waals surface area contributed by atoms with Gasteiger partial charge in [0.15, 0.2) is 11.4 Å². The van der Waals surface area contributed by atoms with Gasteiger partial charge in [-0.05, 0) is 64.7 Å². The zero-order valence-corrected chi connectivity index (χ0v) is 24.6. The molecule has 0 aliphatic rings. The fraction of sp³-hybridized carbons (Fsp3) is 0. The summed E-state index contributed by atoms with van der Waals surface area (Å²) >= 11 is 0. The van der Waals surface area contributed by atoms with E-state index in [1.807, 2.05) is 72.8 Å². The predicted octanol–water partition coefficient (Wildman–Crippen LogP) is 10.9. The quantitative estimate of drug-likeness (QED) is 0.199. The maximum atomic E-state index is 6.25. The molecule has 3 aromatic heterocycles. The van der Waals surface area contributed by atoms with Crippen LogP contribution in [0.3, 0.4) is 0 Å². The lowest BCUT2D eigenvalue weighted by atomic mass is 9.97. The number of hydrogen-bond donors (Lipinski definition) is 0. The normalized spacial score (nSPS) is 11.5. The Kier molecular flexibility index (Phi) is 6.06. The highest BCUT2D eigenvalue weighted by Crippen LogP contribution is 2.37. The van der Waals surface area contributed by atoms with Gasteiger partial charge in [-0.1, -0.05) is 109 Å². The highest BCUT2D eigenvalue weighted by atomic mass is 16.3. The summed E-state index contributed by atoms with van der Waals surface area (Å²) in [5.41, 5.74) is 11.1. The maximum Gasteiger partial charge on any atom is 0.231 e. The first-order valence-electron chi connectivity index (χ1n) is 15.2. The molecule has 0 aliphatic carbocycles.